The van der Waals surface area contributed by atoms with E-state index >= 15 is 0 Å². The second-order valence-corrected chi connectivity index (χ2v) is 5.74. The summed E-state index contributed by atoms with van der Waals surface area (Å²) in [4.78, 5) is 22.2. The lowest BCUT2D eigenvalue weighted by atomic mass is 9.85. The van der Waals surface area contributed by atoms with Gasteiger partial charge in [0.2, 0.25) is 0 Å². The molecular weight excluding hydrogens is 244 g/mol. The smallest absolute Gasteiger partial charge is 0.315 e. The average Bonchev–Trinajstić information content (AvgIpc) is 2.36. The first-order chi connectivity index (χ1) is 8.99. The summed E-state index contributed by atoms with van der Waals surface area (Å²) in [6, 6.07) is 0.00499. The number of hydrogen-bond acceptors (Lipinski definition) is 2. The standard InChI is InChI=1S/C14H26N2O3/c1-10(8-13(17)18)9-15-14(19)16-11(2)12-6-4-3-5-7-12/h10-12H,3-9H2,1-2H3,(H,17,18)(H2,15,16,19). The van der Waals surface area contributed by atoms with Crippen molar-refractivity contribution in [2.24, 2.45) is 11.8 Å². The maximum Gasteiger partial charge on any atom is 0.315 e. The van der Waals surface area contributed by atoms with Crippen LogP contribution >= 0.6 is 0 Å². The predicted molar refractivity (Wildman–Crippen MR) is 74.0 cm³/mol. The van der Waals surface area contributed by atoms with Crippen molar-refractivity contribution in [1.82, 2.24) is 10.6 Å². The van der Waals surface area contributed by atoms with Gasteiger partial charge in [-0.05, 0) is 31.6 Å². The molecule has 1 aliphatic carbocycles. The fourth-order valence-corrected chi connectivity index (χ4v) is 2.65. The van der Waals surface area contributed by atoms with Gasteiger partial charge in [0.25, 0.3) is 0 Å². The van der Waals surface area contributed by atoms with E-state index in [1.54, 1.807) is 0 Å². The summed E-state index contributed by atoms with van der Waals surface area (Å²) in [7, 11) is 0. The molecule has 1 rings (SSSR count). The van der Waals surface area contributed by atoms with Crippen LogP contribution in [0.3, 0.4) is 0 Å². The molecule has 0 aromatic carbocycles. The largest absolute Gasteiger partial charge is 0.481 e. The monoisotopic (exact) mass is 270 g/mol. The highest BCUT2D eigenvalue weighted by Crippen LogP contribution is 2.26. The van der Waals surface area contributed by atoms with Crippen LogP contribution in [0.5, 0.6) is 0 Å². The van der Waals surface area contributed by atoms with Crippen molar-refractivity contribution >= 4 is 12.0 Å². The van der Waals surface area contributed by atoms with Crippen LogP contribution in [0.15, 0.2) is 0 Å². The Balaban J connectivity index is 2.20. The predicted octanol–water partition coefficient (Wildman–Crippen LogP) is 2.37. The second kappa shape index (κ2) is 8.02. The van der Waals surface area contributed by atoms with E-state index in [2.05, 4.69) is 17.6 Å². The molecule has 5 heteroatoms. The maximum atomic E-state index is 11.7. The van der Waals surface area contributed by atoms with Crippen molar-refractivity contribution in [1.29, 1.82) is 0 Å². The third kappa shape index (κ3) is 6.45. The maximum absolute atomic E-state index is 11.7. The molecule has 5 nitrogen and oxygen atoms in total. The third-order valence-corrected chi connectivity index (χ3v) is 3.85. The van der Waals surface area contributed by atoms with Crippen molar-refractivity contribution in [2.75, 3.05) is 6.54 Å². The van der Waals surface area contributed by atoms with E-state index in [-0.39, 0.29) is 24.4 Å². The molecule has 0 aromatic heterocycles. The van der Waals surface area contributed by atoms with Gasteiger partial charge in [0.15, 0.2) is 0 Å². The van der Waals surface area contributed by atoms with Gasteiger partial charge in [-0.15, -0.1) is 0 Å². The van der Waals surface area contributed by atoms with Crippen molar-refractivity contribution in [2.45, 2.75) is 58.4 Å². The van der Waals surface area contributed by atoms with Crippen LogP contribution in [-0.2, 0) is 4.79 Å². The van der Waals surface area contributed by atoms with E-state index in [0.717, 1.165) is 0 Å². The van der Waals surface area contributed by atoms with Crippen LogP contribution in [0.2, 0.25) is 0 Å². The lowest BCUT2D eigenvalue weighted by Crippen LogP contribution is -2.45. The molecule has 1 aliphatic rings. The van der Waals surface area contributed by atoms with Crippen LogP contribution in [0.1, 0.15) is 52.4 Å². The van der Waals surface area contributed by atoms with Gasteiger partial charge in [0.1, 0.15) is 0 Å². The van der Waals surface area contributed by atoms with Gasteiger partial charge in [-0.2, -0.15) is 0 Å². The van der Waals surface area contributed by atoms with Gasteiger partial charge in [0.05, 0.1) is 0 Å². The lowest BCUT2D eigenvalue weighted by Gasteiger charge is -2.28. The number of carbonyl (C=O) groups excluding carboxylic acids is 1. The first kappa shape index (κ1) is 15.8. The normalized spacial score (nSPS) is 19.5. The molecule has 1 saturated carbocycles. The van der Waals surface area contributed by atoms with Crippen molar-refractivity contribution < 1.29 is 14.7 Å². The first-order valence-electron chi connectivity index (χ1n) is 7.25. The summed E-state index contributed by atoms with van der Waals surface area (Å²) in [6.07, 6.45) is 6.29. The first-order valence-corrected chi connectivity index (χ1v) is 7.25. The fraction of sp³-hybridized carbons (Fsp3) is 0.857. The average molecular weight is 270 g/mol. The Morgan fingerprint density at radius 2 is 1.84 bits per heavy atom. The zero-order valence-electron chi connectivity index (χ0n) is 11.9. The molecule has 0 aliphatic heterocycles. The van der Waals surface area contributed by atoms with Crippen LogP contribution < -0.4 is 10.6 Å². The Kier molecular flexibility index (Phi) is 6.67. The highest BCUT2D eigenvalue weighted by atomic mass is 16.4. The van der Waals surface area contributed by atoms with E-state index < -0.39 is 5.97 Å². The van der Waals surface area contributed by atoms with Crippen LogP contribution in [-0.4, -0.2) is 29.7 Å². The zero-order valence-corrected chi connectivity index (χ0v) is 11.9. The zero-order chi connectivity index (χ0) is 14.3. The molecule has 2 atom stereocenters. The second-order valence-electron chi connectivity index (χ2n) is 5.74. The molecule has 110 valence electrons. The van der Waals surface area contributed by atoms with Crippen molar-refractivity contribution in [3.8, 4) is 0 Å². The van der Waals surface area contributed by atoms with Crippen molar-refractivity contribution in [3.63, 3.8) is 0 Å². The minimum atomic E-state index is -0.828. The molecule has 19 heavy (non-hydrogen) atoms. The Bertz CT molecular complexity index is 301. The number of carboxylic acid groups (broad SMARTS) is 1. The van der Waals surface area contributed by atoms with Gasteiger partial charge >= 0.3 is 12.0 Å². The van der Waals surface area contributed by atoms with E-state index in [1.807, 2.05) is 6.92 Å². The summed E-state index contributed by atoms with van der Waals surface area (Å²) in [5.74, 6) is -0.297. The minimum Gasteiger partial charge on any atom is -0.481 e. The number of carboxylic acids is 1. The molecule has 0 radical (unpaired) electrons. The Morgan fingerprint density at radius 1 is 1.21 bits per heavy atom. The summed E-state index contributed by atoms with van der Waals surface area (Å²) in [5, 5.41) is 14.3. The summed E-state index contributed by atoms with van der Waals surface area (Å²) >= 11 is 0. The molecule has 3 N–H and O–H groups in total. The number of hydrogen-bond donors (Lipinski definition) is 3. The number of urea groups is 1. The molecule has 1 fully saturated rings. The summed E-state index contributed by atoms with van der Waals surface area (Å²) in [5.41, 5.74) is 0. The van der Waals surface area contributed by atoms with Crippen molar-refractivity contribution in [3.05, 3.63) is 0 Å². The molecular formula is C14H26N2O3. The molecule has 0 aromatic rings. The van der Waals surface area contributed by atoms with Crippen LogP contribution in [0.25, 0.3) is 0 Å². The Labute approximate surface area is 115 Å². The van der Waals surface area contributed by atoms with Gasteiger partial charge in [0, 0.05) is 19.0 Å². The number of rotatable bonds is 6. The molecule has 2 amide bonds. The van der Waals surface area contributed by atoms with Gasteiger partial charge in [-0.3, -0.25) is 4.79 Å². The van der Waals surface area contributed by atoms with Crippen LogP contribution in [0.4, 0.5) is 4.79 Å². The topological polar surface area (TPSA) is 78.4 Å². The number of amides is 2. The highest BCUT2D eigenvalue weighted by Gasteiger charge is 2.21. The Morgan fingerprint density at radius 3 is 2.42 bits per heavy atom. The molecule has 0 spiro atoms. The molecule has 2 unspecified atom stereocenters. The molecule has 0 bridgehead atoms. The van der Waals surface area contributed by atoms with E-state index in [0.29, 0.717) is 12.5 Å². The summed E-state index contributed by atoms with van der Waals surface area (Å²) in [6.45, 7) is 4.27. The van der Waals surface area contributed by atoms with Gasteiger partial charge < -0.3 is 15.7 Å². The van der Waals surface area contributed by atoms with E-state index in [4.69, 9.17) is 5.11 Å². The number of aliphatic carboxylic acids is 1. The van der Waals surface area contributed by atoms with Gasteiger partial charge in [-0.1, -0.05) is 26.2 Å². The highest BCUT2D eigenvalue weighted by molar-refractivity contribution is 5.74. The molecule has 0 heterocycles. The lowest BCUT2D eigenvalue weighted by molar-refractivity contribution is -0.137. The number of carbonyl (C=O) groups is 2. The van der Waals surface area contributed by atoms with Crippen LogP contribution in [0, 0.1) is 11.8 Å². The van der Waals surface area contributed by atoms with E-state index in [9.17, 15) is 9.59 Å². The number of nitrogens with one attached hydrogen (secondary N) is 2. The fourth-order valence-electron chi connectivity index (χ4n) is 2.65. The quantitative estimate of drug-likeness (QED) is 0.693. The third-order valence-electron chi connectivity index (χ3n) is 3.85. The SMILES string of the molecule is CC(CNC(=O)NC(C)C1CCCCC1)CC(=O)O. The summed E-state index contributed by atoms with van der Waals surface area (Å²) < 4.78 is 0. The van der Waals surface area contributed by atoms with Gasteiger partial charge in [-0.25, -0.2) is 4.79 Å². The van der Waals surface area contributed by atoms with E-state index in [1.165, 1.54) is 32.1 Å². The minimum absolute atomic E-state index is 0.0479. The Hall–Kier alpha value is -1.26. The molecule has 0 saturated heterocycles.